The summed E-state index contributed by atoms with van der Waals surface area (Å²) in [5, 5.41) is 21.7. The van der Waals surface area contributed by atoms with E-state index >= 15 is 0 Å². The largest absolute Gasteiger partial charge is 0.480 e. The van der Waals surface area contributed by atoms with Gasteiger partial charge in [-0.15, -0.1) is 0 Å². The molecule has 0 saturated heterocycles. The summed E-state index contributed by atoms with van der Waals surface area (Å²) in [6.07, 6.45) is -2.04. The number of carboxylic acid groups (broad SMARTS) is 1. The van der Waals surface area contributed by atoms with Gasteiger partial charge in [0.15, 0.2) is 14.4 Å². The monoisotopic (exact) mass is 527 g/mol. The molecule has 0 heterocycles. The van der Waals surface area contributed by atoms with E-state index in [2.05, 4.69) is 5.32 Å². The van der Waals surface area contributed by atoms with Gasteiger partial charge in [-0.3, -0.25) is 18.4 Å². The van der Waals surface area contributed by atoms with Crippen molar-refractivity contribution < 1.29 is 42.4 Å². The maximum atomic E-state index is 13.5. The molecule has 0 aliphatic rings. The zero-order valence-corrected chi connectivity index (χ0v) is 24.7. The number of hydrogen-bond donors (Lipinski definition) is 3. The zero-order chi connectivity index (χ0) is 27.3. The van der Waals surface area contributed by atoms with E-state index in [1.165, 1.54) is 6.92 Å². The van der Waals surface area contributed by atoms with Crippen molar-refractivity contribution in [2.75, 3.05) is 13.2 Å². The van der Waals surface area contributed by atoms with Gasteiger partial charge in [0, 0.05) is 5.41 Å². The molecule has 0 aliphatic carbocycles. The molecule has 12 heteroatoms. The summed E-state index contributed by atoms with van der Waals surface area (Å²) in [4.78, 5) is 24.2. The normalized spacial score (nSPS) is 18.0. The maximum Gasteiger partial charge on any atom is 0.475 e. The molecule has 0 aromatic heterocycles. The van der Waals surface area contributed by atoms with Crippen LogP contribution in [0.4, 0.5) is 0 Å². The number of aliphatic carboxylic acids is 1. The van der Waals surface area contributed by atoms with Gasteiger partial charge >= 0.3 is 13.8 Å². The molecule has 1 amide bonds. The van der Waals surface area contributed by atoms with E-state index in [-0.39, 0.29) is 18.3 Å². The number of rotatable bonds is 12. The van der Waals surface area contributed by atoms with Crippen molar-refractivity contribution >= 4 is 28.0 Å². The van der Waals surface area contributed by atoms with E-state index in [0.717, 1.165) is 0 Å². The summed E-state index contributed by atoms with van der Waals surface area (Å²) in [7, 11) is -6.61. The van der Waals surface area contributed by atoms with E-state index in [0.29, 0.717) is 0 Å². The number of carbonyl (C=O) groups excluding carboxylic acids is 1. The highest BCUT2D eigenvalue weighted by Gasteiger charge is 2.42. The third-order valence-electron chi connectivity index (χ3n) is 5.27. The molecule has 0 radical (unpaired) electrons. The summed E-state index contributed by atoms with van der Waals surface area (Å²) in [5.41, 5.74) is -1.80. The first-order valence-electron chi connectivity index (χ1n) is 11.4. The summed E-state index contributed by atoms with van der Waals surface area (Å²) in [6.45, 7) is 20.7. The molecular formula is C22H46NO9PSi. The van der Waals surface area contributed by atoms with Crippen molar-refractivity contribution in [2.45, 2.75) is 111 Å². The first kappa shape index (κ1) is 33.2. The van der Waals surface area contributed by atoms with Gasteiger partial charge in [-0.2, -0.15) is 0 Å². The number of hydrogen-bond acceptors (Lipinski definition) is 8. The molecule has 3 N–H and O–H groups in total. The molecule has 0 aromatic carbocycles. The second-order valence-corrected chi connectivity index (χ2v) is 18.3. The molecule has 0 aliphatic heterocycles. The van der Waals surface area contributed by atoms with E-state index < -0.39 is 57.3 Å². The van der Waals surface area contributed by atoms with Gasteiger partial charge in [-0.25, -0.2) is 9.36 Å². The van der Waals surface area contributed by atoms with Gasteiger partial charge in [-0.05, 0) is 45.8 Å². The van der Waals surface area contributed by atoms with Gasteiger partial charge in [0.05, 0.1) is 31.0 Å². The molecule has 0 rings (SSSR count). The molecular weight excluding hydrogens is 481 g/mol. The molecule has 0 fully saturated rings. The second-order valence-electron chi connectivity index (χ2n) is 12.0. The van der Waals surface area contributed by atoms with Gasteiger partial charge in [-0.1, -0.05) is 41.5 Å². The lowest BCUT2D eigenvalue weighted by Gasteiger charge is -2.39. The molecule has 10 nitrogen and oxygen atoms in total. The van der Waals surface area contributed by atoms with Crippen LogP contribution in [0.1, 0.15) is 69.2 Å². The highest BCUT2D eigenvalue weighted by atomic mass is 31.2. The third-order valence-corrected chi connectivity index (χ3v) is 11.6. The Morgan fingerprint density at radius 3 is 1.88 bits per heavy atom. The lowest BCUT2D eigenvalue weighted by molar-refractivity contribution is -0.146. The summed E-state index contributed by atoms with van der Waals surface area (Å²) in [6, 6.07) is -1.50. The van der Waals surface area contributed by atoms with Crippen molar-refractivity contribution in [1.29, 1.82) is 0 Å². The Kier molecular flexibility index (Phi) is 11.7. The summed E-state index contributed by atoms with van der Waals surface area (Å²) in [5.74, 6) is -1.87. The second kappa shape index (κ2) is 11.9. The average molecular weight is 528 g/mol. The molecule has 0 bridgehead atoms. The van der Waals surface area contributed by atoms with E-state index in [1.54, 1.807) is 41.5 Å². The van der Waals surface area contributed by atoms with Crippen LogP contribution in [-0.2, 0) is 32.2 Å². The smallest absolute Gasteiger partial charge is 0.475 e. The van der Waals surface area contributed by atoms with Crippen molar-refractivity contribution in [2.24, 2.45) is 5.41 Å². The first-order valence-corrected chi connectivity index (χ1v) is 15.8. The minimum absolute atomic E-state index is 0.128. The topological polar surface area (TPSA) is 141 Å². The average Bonchev–Trinajstić information content (AvgIpc) is 2.58. The fourth-order valence-corrected chi connectivity index (χ4v) is 5.34. The molecule has 0 saturated carbocycles. The predicted molar refractivity (Wildman–Crippen MR) is 133 cm³/mol. The van der Waals surface area contributed by atoms with Crippen LogP contribution >= 0.6 is 7.82 Å². The van der Waals surface area contributed by atoms with E-state index in [4.69, 9.17) is 18.0 Å². The van der Waals surface area contributed by atoms with E-state index in [1.807, 2.05) is 33.9 Å². The standard InChI is InChI=1S/C22H46NO9PSi/c1-15(17(18(25)26)23-19(27)20(2,3)4)30-33(28,32-21(5,6)7)29-14-16(13-24)31-34(11,12)22(8,9)10/h15-17,24H,13-14H2,1-12H3,(H,23,27)(H,25,26)/t15-,16+,17-,33?/m0/s1. The SMILES string of the molecule is C[C@H](OP(=O)(OC[C@@H](CO)O[Si](C)(C)C(C)(C)C)OC(C)(C)C)[C@H](NC(=O)C(C)(C)C)C(=O)O. The van der Waals surface area contributed by atoms with Crippen LogP contribution in [0.5, 0.6) is 0 Å². The van der Waals surface area contributed by atoms with Crippen LogP contribution in [0.15, 0.2) is 0 Å². The van der Waals surface area contributed by atoms with Crippen molar-refractivity contribution in [3.05, 3.63) is 0 Å². The Morgan fingerprint density at radius 1 is 1.03 bits per heavy atom. The van der Waals surface area contributed by atoms with Gasteiger partial charge in [0.1, 0.15) is 0 Å². The maximum absolute atomic E-state index is 13.5. The van der Waals surface area contributed by atoms with Crippen molar-refractivity contribution in [3.8, 4) is 0 Å². The van der Waals surface area contributed by atoms with Crippen LogP contribution in [-0.4, -0.2) is 67.5 Å². The Balaban J connectivity index is 5.71. The van der Waals surface area contributed by atoms with Crippen LogP contribution in [0.2, 0.25) is 18.1 Å². The van der Waals surface area contributed by atoms with Crippen LogP contribution in [0.25, 0.3) is 0 Å². The molecule has 202 valence electrons. The quantitative estimate of drug-likeness (QED) is 0.250. The summed E-state index contributed by atoms with van der Waals surface area (Å²) < 4.78 is 36.3. The van der Waals surface area contributed by atoms with Crippen molar-refractivity contribution in [1.82, 2.24) is 5.32 Å². The summed E-state index contributed by atoms with van der Waals surface area (Å²) >= 11 is 0. The first-order chi connectivity index (χ1) is 14.9. The lowest BCUT2D eigenvalue weighted by Crippen LogP contribution is -2.51. The Hall–Kier alpha value is -0.813. The molecule has 4 atom stereocenters. The number of aliphatic hydroxyl groups excluding tert-OH is 1. The Morgan fingerprint density at radius 2 is 1.53 bits per heavy atom. The number of aliphatic hydroxyl groups is 1. The fraction of sp³-hybridized carbons (Fsp3) is 0.909. The number of phosphoric acid groups is 1. The molecule has 0 aromatic rings. The number of phosphoric ester groups is 1. The Labute approximate surface area is 205 Å². The zero-order valence-electron chi connectivity index (χ0n) is 22.8. The Bertz CT molecular complexity index is 738. The lowest BCUT2D eigenvalue weighted by atomic mass is 9.95. The molecule has 1 unspecified atom stereocenters. The minimum atomic E-state index is -4.34. The number of carboxylic acids is 1. The van der Waals surface area contributed by atoms with Crippen molar-refractivity contribution in [3.63, 3.8) is 0 Å². The number of nitrogens with one attached hydrogen (secondary N) is 1. The van der Waals surface area contributed by atoms with Gasteiger partial charge in [0.2, 0.25) is 5.91 Å². The van der Waals surface area contributed by atoms with Gasteiger partial charge in [0.25, 0.3) is 0 Å². The molecule has 0 spiro atoms. The fourth-order valence-electron chi connectivity index (χ4n) is 2.31. The van der Waals surface area contributed by atoms with Gasteiger partial charge < -0.3 is 20.0 Å². The number of carbonyl (C=O) groups is 2. The van der Waals surface area contributed by atoms with Crippen LogP contribution in [0.3, 0.4) is 0 Å². The predicted octanol–water partition coefficient (Wildman–Crippen LogP) is 4.33. The minimum Gasteiger partial charge on any atom is -0.480 e. The molecule has 34 heavy (non-hydrogen) atoms. The van der Waals surface area contributed by atoms with Crippen LogP contribution < -0.4 is 5.32 Å². The van der Waals surface area contributed by atoms with Crippen LogP contribution in [0, 0.1) is 5.41 Å². The highest BCUT2D eigenvalue weighted by Crippen LogP contribution is 2.54. The highest BCUT2D eigenvalue weighted by molar-refractivity contribution is 7.48. The third kappa shape index (κ3) is 11.3. The number of amides is 1. The van der Waals surface area contributed by atoms with E-state index in [9.17, 15) is 24.4 Å².